The molecule has 1 N–H and O–H groups in total. The fraction of sp³-hybridized carbons (Fsp3) is 0.318. The van der Waals surface area contributed by atoms with Crippen LogP contribution in [0.5, 0.6) is 5.75 Å². The van der Waals surface area contributed by atoms with Crippen LogP contribution in [-0.2, 0) is 20.9 Å². The molecule has 0 unspecified atom stereocenters. The summed E-state index contributed by atoms with van der Waals surface area (Å²) < 4.78 is 10.1. The molecule has 0 bridgehead atoms. The highest BCUT2D eigenvalue weighted by Crippen LogP contribution is 2.17. The third-order valence-corrected chi connectivity index (χ3v) is 4.28. The molecule has 2 aromatic carbocycles. The van der Waals surface area contributed by atoms with Gasteiger partial charge >= 0.3 is 5.97 Å². The summed E-state index contributed by atoms with van der Waals surface area (Å²) in [5, 5.41) is 2.84. The highest BCUT2D eigenvalue weighted by molar-refractivity contribution is 5.94. The first-order chi connectivity index (χ1) is 13.9. The molecule has 2 aromatic rings. The Bertz CT molecular complexity index is 831. The van der Waals surface area contributed by atoms with E-state index in [2.05, 4.69) is 5.32 Å². The van der Waals surface area contributed by atoms with Crippen LogP contribution in [0, 0.1) is 0 Å². The molecule has 154 valence electrons. The molecule has 2 amide bonds. The molecule has 0 atom stereocenters. The van der Waals surface area contributed by atoms with E-state index >= 15 is 0 Å². The summed E-state index contributed by atoms with van der Waals surface area (Å²) in [4.78, 5) is 37.4. The Morgan fingerprint density at radius 3 is 2.21 bits per heavy atom. The van der Waals surface area contributed by atoms with Crippen LogP contribution in [0.3, 0.4) is 0 Å². The Hall–Kier alpha value is -3.35. The van der Waals surface area contributed by atoms with Crippen molar-refractivity contribution >= 4 is 23.5 Å². The van der Waals surface area contributed by atoms with E-state index in [0.717, 1.165) is 11.3 Å². The molecule has 0 aliphatic heterocycles. The van der Waals surface area contributed by atoms with Crippen LogP contribution in [-0.4, -0.2) is 38.0 Å². The van der Waals surface area contributed by atoms with Gasteiger partial charge in [-0.15, -0.1) is 0 Å². The van der Waals surface area contributed by atoms with Gasteiger partial charge in [0.05, 0.1) is 19.3 Å². The number of esters is 1. The zero-order valence-corrected chi connectivity index (χ0v) is 16.9. The highest BCUT2D eigenvalue weighted by atomic mass is 16.5. The van der Waals surface area contributed by atoms with Gasteiger partial charge in [0.25, 0.3) is 0 Å². The van der Waals surface area contributed by atoms with E-state index in [0.29, 0.717) is 24.4 Å². The van der Waals surface area contributed by atoms with Gasteiger partial charge in [-0.1, -0.05) is 12.1 Å². The maximum atomic E-state index is 12.2. The molecular weight excluding hydrogens is 372 g/mol. The van der Waals surface area contributed by atoms with Crippen molar-refractivity contribution in [1.29, 1.82) is 0 Å². The van der Waals surface area contributed by atoms with E-state index in [9.17, 15) is 14.4 Å². The van der Waals surface area contributed by atoms with Crippen molar-refractivity contribution in [1.82, 2.24) is 5.32 Å². The van der Waals surface area contributed by atoms with Gasteiger partial charge in [-0.25, -0.2) is 4.79 Å². The number of carbonyl (C=O) groups is 3. The highest BCUT2D eigenvalue weighted by Gasteiger charge is 2.15. The van der Waals surface area contributed by atoms with Crippen LogP contribution >= 0.6 is 0 Å². The number of hydrogen-bond acceptors (Lipinski definition) is 5. The average Bonchev–Trinajstić information content (AvgIpc) is 2.73. The van der Waals surface area contributed by atoms with Gasteiger partial charge in [0.15, 0.2) is 0 Å². The molecule has 0 fully saturated rings. The van der Waals surface area contributed by atoms with Gasteiger partial charge in [0, 0.05) is 32.1 Å². The van der Waals surface area contributed by atoms with Crippen molar-refractivity contribution in [3.05, 3.63) is 59.7 Å². The van der Waals surface area contributed by atoms with Gasteiger partial charge in [-0.05, 0) is 48.9 Å². The zero-order valence-electron chi connectivity index (χ0n) is 16.9. The van der Waals surface area contributed by atoms with E-state index in [-0.39, 0.29) is 24.8 Å². The second kappa shape index (κ2) is 10.8. The normalized spacial score (nSPS) is 10.2. The van der Waals surface area contributed by atoms with E-state index in [1.807, 2.05) is 24.3 Å². The standard InChI is InChI=1S/C22H26N2O5/c1-4-29-22(27)18-7-9-19(10-8-18)24(16(2)25)14-13-21(26)23-15-17-5-11-20(28-3)12-6-17/h5-12H,4,13-15H2,1-3H3,(H,23,26). The quantitative estimate of drug-likeness (QED) is 0.657. The van der Waals surface area contributed by atoms with E-state index in [1.54, 1.807) is 38.3 Å². The molecule has 0 radical (unpaired) electrons. The summed E-state index contributed by atoms with van der Waals surface area (Å²) in [5.74, 6) is 0.00420. The Morgan fingerprint density at radius 1 is 1.00 bits per heavy atom. The number of rotatable bonds is 9. The number of amides is 2. The largest absolute Gasteiger partial charge is 0.497 e. The molecule has 0 spiro atoms. The minimum Gasteiger partial charge on any atom is -0.497 e. The van der Waals surface area contributed by atoms with E-state index in [4.69, 9.17) is 9.47 Å². The van der Waals surface area contributed by atoms with Crippen LogP contribution < -0.4 is 15.0 Å². The van der Waals surface area contributed by atoms with Gasteiger partial charge in [0.2, 0.25) is 11.8 Å². The molecule has 0 heterocycles. The molecule has 29 heavy (non-hydrogen) atoms. The lowest BCUT2D eigenvalue weighted by molar-refractivity contribution is -0.121. The summed E-state index contributed by atoms with van der Waals surface area (Å²) in [7, 11) is 1.60. The lowest BCUT2D eigenvalue weighted by Crippen LogP contribution is -2.33. The maximum absolute atomic E-state index is 12.2. The number of carbonyl (C=O) groups excluding carboxylic acids is 3. The summed E-state index contributed by atoms with van der Waals surface area (Å²) in [6.45, 7) is 4.11. The lowest BCUT2D eigenvalue weighted by Gasteiger charge is -2.21. The van der Waals surface area contributed by atoms with Crippen molar-refractivity contribution in [3.8, 4) is 5.75 Å². The average molecular weight is 398 g/mol. The van der Waals surface area contributed by atoms with Gasteiger partial charge in [-0.3, -0.25) is 9.59 Å². The first-order valence-electron chi connectivity index (χ1n) is 9.39. The predicted molar refractivity (Wildman–Crippen MR) is 110 cm³/mol. The molecule has 0 saturated heterocycles. The number of nitrogens with zero attached hydrogens (tertiary/aromatic N) is 1. The molecule has 0 aromatic heterocycles. The molecule has 0 aliphatic rings. The number of methoxy groups -OCH3 is 1. The minimum absolute atomic E-state index is 0.157. The van der Waals surface area contributed by atoms with E-state index < -0.39 is 5.97 Å². The molecule has 0 aliphatic carbocycles. The first-order valence-corrected chi connectivity index (χ1v) is 9.39. The Balaban J connectivity index is 1.90. The van der Waals surface area contributed by atoms with Crippen molar-refractivity contribution in [3.63, 3.8) is 0 Å². The number of hydrogen-bond donors (Lipinski definition) is 1. The third-order valence-electron chi connectivity index (χ3n) is 4.28. The fourth-order valence-electron chi connectivity index (χ4n) is 2.71. The molecule has 7 nitrogen and oxygen atoms in total. The molecular formula is C22H26N2O5. The molecule has 2 rings (SSSR count). The van der Waals surface area contributed by atoms with Crippen molar-refractivity contribution in [2.45, 2.75) is 26.8 Å². The second-order valence-corrected chi connectivity index (χ2v) is 6.31. The van der Waals surface area contributed by atoms with Crippen LogP contribution in [0.2, 0.25) is 0 Å². The summed E-state index contributed by atoms with van der Waals surface area (Å²) in [6.07, 6.45) is 0.162. The van der Waals surface area contributed by atoms with Gasteiger partial charge in [-0.2, -0.15) is 0 Å². The maximum Gasteiger partial charge on any atom is 0.338 e. The summed E-state index contributed by atoms with van der Waals surface area (Å²) >= 11 is 0. The van der Waals surface area contributed by atoms with Crippen molar-refractivity contribution in [2.24, 2.45) is 0 Å². The second-order valence-electron chi connectivity index (χ2n) is 6.31. The van der Waals surface area contributed by atoms with Crippen molar-refractivity contribution in [2.75, 3.05) is 25.2 Å². The smallest absolute Gasteiger partial charge is 0.338 e. The summed E-state index contributed by atoms with van der Waals surface area (Å²) in [5.41, 5.74) is 1.99. The zero-order chi connectivity index (χ0) is 21.2. The van der Waals surface area contributed by atoms with Crippen LogP contribution in [0.4, 0.5) is 5.69 Å². The fourth-order valence-corrected chi connectivity index (χ4v) is 2.71. The SMILES string of the molecule is CCOC(=O)c1ccc(N(CCC(=O)NCc2ccc(OC)cc2)C(C)=O)cc1. The third kappa shape index (κ3) is 6.64. The topological polar surface area (TPSA) is 84.9 Å². The number of ether oxygens (including phenoxy) is 2. The molecule has 7 heteroatoms. The monoisotopic (exact) mass is 398 g/mol. The minimum atomic E-state index is -0.411. The Kier molecular flexibility index (Phi) is 8.21. The van der Waals surface area contributed by atoms with Crippen LogP contribution in [0.25, 0.3) is 0 Å². The molecule has 0 saturated carbocycles. The number of anilines is 1. The number of nitrogens with one attached hydrogen (secondary N) is 1. The van der Waals surface area contributed by atoms with E-state index in [1.165, 1.54) is 11.8 Å². The first kappa shape index (κ1) is 21.9. The Morgan fingerprint density at radius 2 is 1.66 bits per heavy atom. The van der Waals surface area contributed by atoms with Crippen LogP contribution in [0.15, 0.2) is 48.5 Å². The van der Waals surface area contributed by atoms with Crippen LogP contribution in [0.1, 0.15) is 36.2 Å². The summed E-state index contributed by atoms with van der Waals surface area (Å²) in [6, 6.07) is 14.0. The number of benzene rings is 2. The van der Waals surface area contributed by atoms with Gasteiger partial charge in [0.1, 0.15) is 5.75 Å². The Labute approximate surface area is 170 Å². The van der Waals surface area contributed by atoms with Crippen molar-refractivity contribution < 1.29 is 23.9 Å². The van der Waals surface area contributed by atoms with Gasteiger partial charge < -0.3 is 19.7 Å². The predicted octanol–water partition coefficient (Wildman–Crippen LogP) is 2.93. The lowest BCUT2D eigenvalue weighted by atomic mass is 10.2.